The minimum atomic E-state index is -0.386. The van der Waals surface area contributed by atoms with Crippen LogP contribution in [-0.2, 0) is 8.69 Å². The molecular formula is C13H11Br3N+. The molecule has 1 aromatic carbocycles. The Morgan fingerprint density at radius 2 is 1.53 bits per heavy atom. The van der Waals surface area contributed by atoms with Crippen molar-refractivity contribution in [2.24, 2.45) is 0 Å². The van der Waals surface area contributed by atoms with E-state index in [4.69, 9.17) is 0 Å². The van der Waals surface area contributed by atoms with Gasteiger partial charge in [0.25, 0.3) is 0 Å². The van der Waals surface area contributed by atoms with Gasteiger partial charge in [0, 0.05) is 17.7 Å². The van der Waals surface area contributed by atoms with Gasteiger partial charge >= 0.3 is 0 Å². The highest BCUT2D eigenvalue weighted by Crippen LogP contribution is 2.42. The summed E-state index contributed by atoms with van der Waals surface area (Å²) in [6.07, 6.45) is 2.07. The van der Waals surface area contributed by atoms with Crippen molar-refractivity contribution in [3.63, 3.8) is 0 Å². The molecular weight excluding hydrogens is 410 g/mol. The van der Waals surface area contributed by atoms with Crippen molar-refractivity contribution in [3.05, 3.63) is 66.0 Å². The molecule has 0 N–H and O–H groups in total. The molecule has 0 saturated heterocycles. The Labute approximate surface area is 126 Å². The summed E-state index contributed by atoms with van der Waals surface area (Å²) in [4.78, 5) is 0. The highest BCUT2D eigenvalue weighted by molar-refractivity contribution is 9.38. The van der Waals surface area contributed by atoms with E-state index in [0.29, 0.717) is 0 Å². The van der Waals surface area contributed by atoms with Crippen molar-refractivity contribution >= 4 is 47.8 Å². The summed E-state index contributed by atoms with van der Waals surface area (Å²) >= 11 is 10.7. The smallest absolute Gasteiger partial charge is 0.195 e. The molecule has 1 nitrogen and oxygen atoms in total. The lowest BCUT2D eigenvalue weighted by molar-refractivity contribution is -0.695. The molecule has 0 saturated carbocycles. The second-order valence-electron chi connectivity index (χ2n) is 3.70. The third kappa shape index (κ3) is 3.63. The van der Waals surface area contributed by atoms with Crippen LogP contribution in [0.5, 0.6) is 0 Å². The number of aromatic nitrogens is 1. The monoisotopic (exact) mass is 418 g/mol. The van der Waals surface area contributed by atoms with Gasteiger partial charge in [-0.2, -0.15) is 4.57 Å². The van der Waals surface area contributed by atoms with Gasteiger partial charge in [0.05, 0.1) is 0 Å². The number of hydrogen-bond donors (Lipinski definition) is 0. The average molecular weight is 421 g/mol. The van der Waals surface area contributed by atoms with Gasteiger partial charge in [0.15, 0.2) is 12.7 Å². The van der Waals surface area contributed by atoms with E-state index in [1.165, 1.54) is 5.56 Å². The van der Waals surface area contributed by atoms with Crippen LogP contribution in [0.1, 0.15) is 11.3 Å². The maximum Gasteiger partial charge on any atom is 0.220 e. The molecule has 0 radical (unpaired) electrons. The fourth-order valence-corrected chi connectivity index (χ4v) is 2.73. The zero-order chi connectivity index (χ0) is 12.3. The van der Waals surface area contributed by atoms with Crippen LogP contribution in [0.2, 0.25) is 0 Å². The standard InChI is InChI=1S/C13H11Br3N/c14-13(15,16)12-8-4-5-9-17(12)10-11-6-2-1-3-7-11/h1-9H,10H2/q+1. The molecule has 0 aliphatic rings. The first-order valence-corrected chi connectivity index (χ1v) is 7.55. The van der Waals surface area contributed by atoms with E-state index in [1.54, 1.807) is 0 Å². The Balaban J connectivity index is 2.34. The van der Waals surface area contributed by atoms with E-state index in [9.17, 15) is 0 Å². The van der Waals surface area contributed by atoms with E-state index in [-0.39, 0.29) is 2.14 Å². The number of alkyl halides is 3. The molecule has 0 atom stereocenters. The third-order valence-corrected chi connectivity index (χ3v) is 3.65. The van der Waals surface area contributed by atoms with Crippen LogP contribution < -0.4 is 4.57 Å². The predicted molar refractivity (Wildman–Crippen MR) is 80.6 cm³/mol. The zero-order valence-corrected chi connectivity index (χ0v) is 13.7. The van der Waals surface area contributed by atoms with Gasteiger partial charge in [-0.05, 0) is 53.9 Å². The fraction of sp³-hybridized carbons (Fsp3) is 0.154. The molecule has 0 unspecified atom stereocenters. The summed E-state index contributed by atoms with van der Waals surface area (Å²) < 4.78 is 1.80. The first kappa shape index (κ1) is 13.2. The quantitative estimate of drug-likeness (QED) is 0.503. The van der Waals surface area contributed by atoms with Crippen molar-refractivity contribution in [1.29, 1.82) is 0 Å². The molecule has 0 aliphatic carbocycles. The van der Waals surface area contributed by atoms with Crippen LogP contribution in [0.15, 0.2) is 54.7 Å². The van der Waals surface area contributed by atoms with Gasteiger partial charge in [0.2, 0.25) is 7.84 Å². The summed E-state index contributed by atoms with van der Waals surface area (Å²) in [5.74, 6) is 0. The fourth-order valence-electron chi connectivity index (χ4n) is 1.65. The molecule has 4 heteroatoms. The maximum absolute atomic E-state index is 3.56. The van der Waals surface area contributed by atoms with Crippen LogP contribution in [-0.4, -0.2) is 0 Å². The van der Waals surface area contributed by atoms with Crippen LogP contribution in [0.25, 0.3) is 0 Å². The van der Waals surface area contributed by atoms with Crippen LogP contribution in [0, 0.1) is 0 Å². The summed E-state index contributed by atoms with van der Waals surface area (Å²) in [5.41, 5.74) is 2.39. The molecule has 1 heterocycles. The average Bonchev–Trinajstić information content (AvgIpc) is 2.30. The van der Waals surface area contributed by atoms with Crippen molar-refractivity contribution in [2.45, 2.75) is 8.69 Å². The van der Waals surface area contributed by atoms with E-state index < -0.39 is 0 Å². The van der Waals surface area contributed by atoms with Gasteiger partial charge < -0.3 is 0 Å². The minimum Gasteiger partial charge on any atom is -0.195 e. The maximum atomic E-state index is 3.56. The topological polar surface area (TPSA) is 3.88 Å². The Morgan fingerprint density at radius 1 is 0.882 bits per heavy atom. The predicted octanol–water partition coefficient (Wildman–Crippen LogP) is 4.32. The molecule has 0 fully saturated rings. The first-order valence-electron chi connectivity index (χ1n) is 5.17. The van der Waals surface area contributed by atoms with E-state index >= 15 is 0 Å². The second kappa shape index (κ2) is 5.63. The molecule has 0 spiro atoms. The van der Waals surface area contributed by atoms with Gasteiger partial charge in [0.1, 0.15) is 0 Å². The third-order valence-electron chi connectivity index (χ3n) is 2.43. The van der Waals surface area contributed by atoms with Crippen LogP contribution in [0.4, 0.5) is 0 Å². The van der Waals surface area contributed by atoms with E-state index in [1.807, 2.05) is 18.2 Å². The highest BCUT2D eigenvalue weighted by atomic mass is 80.0. The number of pyridine rings is 1. The Hall–Kier alpha value is -0.190. The Morgan fingerprint density at radius 3 is 2.18 bits per heavy atom. The molecule has 88 valence electrons. The van der Waals surface area contributed by atoms with E-state index in [0.717, 1.165) is 12.2 Å². The summed E-state index contributed by atoms with van der Waals surface area (Å²) in [6.45, 7) is 0.849. The lowest BCUT2D eigenvalue weighted by Gasteiger charge is -2.11. The summed E-state index contributed by atoms with van der Waals surface area (Å²) in [6, 6.07) is 16.5. The van der Waals surface area contributed by atoms with Crippen molar-refractivity contribution in [1.82, 2.24) is 0 Å². The Kier molecular flexibility index (Phi) is 4.39. The van der Waals surface area contributed by atoms with Gasteiger partial charge in [-0.15, -0.1) is 0 Å². The number of benzene rings is 1. The molecule has 0 amide bonds. The molecule has 1 aromatic heterocycles. The minimum absolute atomic E-state index is 0.386. The summed E-state index contributed by atoms with van der Waals surface area (Å²) in [5, 5.41) is 0. The normalized spacial score (nSPS) is 11.5. The van der Waals surface area contributed by atoms with Crippen molar-refractivity contribution in [2.75, 3.05) is 0 Å². The van der Waals surface area contributed by atoms with Crippen LogP contribution >= 0.6 is 47.8 Å². The van der Waals surface area contributed by atoms with Gasteiger partial charge in [-0.1, -0.05) is 30.3 Å². The Bertz CT molecular complexity index is 492. The first-order chi connectivity index (χ1) is 8.07. The zero-order valence-electron chi connectivity index (χ0n) is 8.98. The van der Waals surface area contributed by atoms with Crippen LogP contribution in [0.3, 0.4) is 0 Å². The molecule has 2 aromatic rings. The SMILES string of the molecule is BrC(Br)(Br)c1cccc[n+]1Cc1ccccc1. The van der Waals surface area contributed by atoms with Gasteiger partial charge in [-0.3, -0.25) is 0 Å². The molecule has 0 bridgehead atoms. The number of nitrogens with zero attached hydrogens (tertiary/aromatic N) is 1. The lowest BCUT2D eigenvalue weighted by atomic mass is 10.2. The lowest BCUT2D eigenvalue weighted by Crippen LogP contribution is -2.40. The summed E-state index contributed by atoms with van der Waals surface area (Å²) in [7, 11) is 0. The molecule has 0 aliphatic heterocycles. The van der Waals surface area contributed by atoms with E-state index in [2.05, 4.69) is 88.9 Å². The van der Waals surface area contributed by atoms with Gasteiger partial charge in [-0.25, -0.2) is 0 Å². The van der Waals surface area contributed by atoms with Crippen molar-refractivity contribution in [3.8, 4) is 0 Å². The second-order valence-corrected chi connectivity index (χ2v) is 10.5. The number of rotatable bonds is 2. The highest BCUT2D eigenvalue weighted by Gasteiger charge is 2.30. The number of hydrogen-bond acceptors (Lipinski definition) is 0. The largest absolute Gasteiger partial charge is 0.220 e. The number of halogens is 3. The van der Waals surface area contributed by atoms with Crippen molar-refractivity contribution < 1.29 is 4.57 Å². The molecule has 2 rings (SSSR count). The molecule has 17 heavy (non-hydrogen) atoms.